The van der Waals surface area contributed by atoms with E-state index in [0.29, 0.717) is 12.1 Å². The van der Waals surface area contributed by atoms with Crippen LogP contribution in [0, 0.1) is 5.82 Å². The number of hydrogen-bond acceptors (Lipinski definition) is 2. The number of H-pyrrole nitrogens is 1. The first-order valence-corrected chi connectivity index (χ1v) is 6.19. The molecular weight excluding hydrogens is 257 g/mol. The molecule has 0 saturated heterocycles. The van der Waals surface area contributed by atoms with Crippen LogP contribution in [0.25, 0.3) is 11.0 Å². The Labute approximate surface area is 114 Å². The zero-order chi connectivity index (χ0) is 13.9. The Hall–Kier alpha value is -2.69. The van der Waals surface area contributed by atoms with Gasteiger partial charge in [0.1, 0.15) is 11.5 Å². The van der Waals surface area contributed by atoms with Crippen LogP contribution in [0.2, 0.25) is 0 Å². The topological polar surface area (TPSA) is 57.8 Å². The average Bonchev–Trinajstić information content (AvgIpc) is 2.89. The molecule has 0 aliphatic rings. The monoisotopic (exact) mass is 269 g/mol. The number of nitrogens with zero attached hydrogens (tertiary/aromatic N) is 1. The lowest BCUT2D eigenvalue weighted by atomic mass is 10.2. The first-order chi connectivity index (χ1) is 9.74. The van der Waals surface area contributed by atoms with Crippen molar-refractivity contribution in [1.29, 1.82) is 0 Å². The molecule has 0 fully saturated rings. The van der Waals surface area contributed by atoms with E-state index in [2.05, 4.69) is 15.3 Å². The largest absolute Gasteiger partial charge is 0.348 e. The highest BCUT2D eigenvalue weighted by Crippen LogP contribution is 2.15. The molecule has 2 aromatic heterocycles. The molecule has 0 bridgehead atoms. The number of rotatable bonds is 3. The average molecular weight is 269 g/mol. The molecule has 1 amide bonds. The summed E-state index contributed by atoms with van der Waals surface area (Å²) in [5.41, 5.74) is 2.19. The van der Waals surface area contributed by atoms with Gasteiger partial charge < -0.3 is 10.3 Å². The second-order valence-corrected chi connectivity index (χ2v) is 4.40. The number of benzene rings is 1. The van der Waals surface area contributed by atoms with E-state index < -0.39 is 0 Å². The fourth-order valence-electron chi connectivity index (χ4n) is 2.04. The van der Waals surface area contributed by atoms with E-state index in [9.17, 15) is 9.18 Å². The van der Waals surface area contributed by atoms with Gasteiger partial charge in [0.15, 0.2) is 0 Å². The van der Waals surface area contributed by atoms with E-state index in [1.54, 1.807) is 6.20 Å². The van der Waals surface area contributed by atoms with Crippen molar-refractivity contribution in [3.8, 4) is 0 Å². The number of carbonyl (C=O) groups excluding carboxylic acids is 1. The van der Waals surface area contributed by atoms with Gasteiger partial charge in [-0.25, -0.2) is 9.37 Å². The summed E-state index contributed by atoms with van der Waals surface area (Å²) in [5.74, 6) is -0.590. The van der Waals surface area contributed by atoms with Crippen LogP contribution in [0.5, 0.6) is 0 Å². The van der Waals surface area contributed by atoms with E-state index in [1.807, 2.05) is 18.3 Å². The van der Waals surface area contributed by atoms with E-state index in [0.717, 1.165) is 16.6 Å². The lowest BCUT2D eigenvalue weighted by Gasteiger charge is -2.04. The van der Waals surface area contributed by atoms with Crippen LogP contribution in [-0.4, -0.2) is 15.9 Å². The van der Waals surface area contributed by atoms with Crippen molar-refractivity contribution in [3.05, 3.63) is 65.7 Å². The number of aromatic amines is 1. The van der Waals surface area contributed by atoms with Gasteiger partial charge in [0.2, 0.25) is 0 Å². The Kier molecular flexibility index (Phi) is 3.16. The highest BCUT2D eigenvalue weighted by atomic mass is 19.1. The van der Waals surface area contributed by atoms with Gasteiger partial charge in [-0.15, -0.1) is 0 Å². The maximum absolute atomic E-state index is 12.8. The Balaban J connectivity index is 1.73. The molecule has 0 saturated carbocycles. The number of carbonyl (C=O) groups is 1. The molecule has 100 valence electrons. The van der Waals surface area contributed by atoms with Gasteiger partial charge in [0.25, 0.3) is 5.91 Å². The molecule has 0 aliphatic heterocycles. The van der Waals surface area contributed by atoms with Crippen LogP contribution in [0.1, 0.15) is 15.9 Å². The van der Waals surface area contributed by atoms with Gasteiger partial charge >= 0.3 is 0 Å². The normalized spacial score (nSPS) is 10.7. The van der Waals surface area contributed by atoms with E-state index >= 15 is 0 Å². The number of hydrogen-bond donors (Lipinski definition) is 2. The highest BCUT2D eigenvalue weighted by Gasteiger charge is 2.08. The van der Waals surface area contributed by atoms with Crippen molar-refractivity contribution in [1.82, 2.24) is 15.3 Å². The van der Waals surface area contributed by atoms with Gasteiger partial charge in [-0.3, -0.25) is 4.79 Å². The summed E-state index contributed by atoms with van der Waals surface area (Å²) in [4.78, 5) is 19.2. The number of pyridine rings is 1. The molecule has 3 aromatic rings. The van der Waals surface area contributed by atoms with Crippen molar-refractivity contribution >= 4 is 16.9 Å². The lowest BCUT2D eigenvalue weighted by molar-refractivity contribution is 0.0951. The fraction of sp³-hybridized carbons (Fsp3) is 0.0667. The third-order valence-corrected chi connectivity index (χ3v) is 3.08. The molecule has 2 heterocycles. The molecule has 4 nitrogen and oxygen atoms in total. The summed E-state index contributed by atoms with van der Waals surface area (Å²) in [5, 5.41) is 3.78. The SMILES string of the molecule is O=C(NCc1c[nH]c2ncccc12)c1ccc(F)cc1. The quantitative estimate of drug-likeness (QED) is 0.768. The summed E-state index contributed by atoms with van der Waals surface area (Å²) >= 11 is 0. The minimum absolute atomic E-state index is 0.233. The Morgan fingerprint density at radius 1 is 1.25 bits per heavy atom. The van der Waals surface area contributed by atoms with Gasteiger partial charge in [-0.2, -0.15) is 0 Å². The predicted molar refractivity (Wildman–Crippen MR) is 73.7 cm³/mol. The zero-order valence-electron chi connectivity index (χ0n) is 10.6. The Morgan fingerprint density at radius 2 is 2.05 bits per heavy atom. The van der Waals surface area contributed by atoms with Gasteiger partial charge in [0.05, 0.1) is 0 Å². The van der Waals surface area contributed by atoms with Crippen LogP contribution in [0.3, 0.4) is 0 Å². The molecule has 0 aliphatic carbocycles. The second-order valence-electron chi connectivity index (χ2n) is 4.40. The first kappa shape index (κ1) is 12.3. The van der Waals surface area contributed by atoms with Crippen LogP contribution in [0.15, 0.2) is 48.8 Å². The summed E-state index contributed by atoms with van der Waals surface area (Å²) in [6.45, 7) is 0.391. The van der Waals surface area contributed by atoms with Gasteiger partial charge in [0, 0.05) is 29.9 Å². The number of aromatic nitrogens is 2. The van der Waals surface area contributed by atoms with Gasteiger partial charge in [-0.05, 0) is 42.0 Å². The molecule has 0 spiro atoms. The molecule has 0 atom stereocenters. The van der Waals surface area contributed by atoms with E-state index in [1.165, 1.54) is 24.3 Å². The van der Waals surface area contributed by atoms with Crippen molar-refractivity contribution in [2.75, 3.05) is 0 Å². The molecule has 1 aromatic carbocycles. The van der Waals surface area contributed by atoms with Crippen molar-refractivity contribution < 1.29 is 9.18 Å². The van der Waals surface area contributed by atoms with E-state index in [4.69, 9.17) is 0 Å². The smallest absolute Gasteiger partial charge is 0.251 e. The highest BCUT2D eigenvalue weighted by molar-refractivity contribution is 5.94. The first-order valence-electron chi connectivity index (χ1n) is 6.19. The van der Waals surface area contributed by atoms with Crippen LogP contribution in [0.4, 0.5) is 4.39 Å². The maximum Gasteiger partial charge on any atom is 0.251 e. The Morgan fingerprint density at radius 3 is 2.85 bits per heavy atom. The third kappa shape index (κ3) is 2.38. The number of nitrogens with one attached hydrogen (secondary N) is 2. The fourth-order valence-corrected chi connectivity index (χ4v) is 2.04. The van der Waals surface area contributed by atoms with Crippen LogP contribution in [-0.2, 0) is 6.54 Å². The van der Waals surface area contributed by atoms with Crippen molar-refractivity contribution in [3.63, 3.8) is 0 Å². The predicted octanol–water partition coefficient (Wildman–Crippen LogP) is 2.63. The van der Waals surface area contributed by atoms with Crippen molar-refractivity contribution in [2.45, 2.75) is 6.54 Å². The second kappa shape index (κ2) is 5.13. The van der Waals surface area contributed by atoms with Crippen molar-refractivity contribution in [2.24, 2.45) is 0 Å². The van der Waals surface area contributed by atoms with Gasteiger partial charge in [-0.1, -0.05) is 0 Å². The standard InChI is InChI=1S/C15H12FN3O/c16-12-5-3-10(4-6-12)15(20)19-9-11-8-18-14-13(11)2-1-7-17-14/h1-8H,9H2,(H,17,18)(H,19,20). The molecule has 20 heavy (non-hydrogen) atoms. The third-order valence-electron chi connectivity index (χ3n) is 3.08. The van der Waals surface area contributed by atoms with Crippen LogP contribution < -0.4 is 5.32 Å². The Bertz CT molecular complexity index is 749. The molecule has 0 radical (unpaired) electrons. The number of fused-ring (bicyclic) bond motifs is 1. The summed E-state index contributed by atoms with van der Waals surface area (Å²) < 4.78 is 12.8. The summed E-state index contributed by atoms with van der Waals surface area (Å²) in [7, 11) is 0. The molecule has 0 unspecified atom stereocenters. The summed E-state index contributed by atoms with van der Waals surface area (Å²) in [6, 6.07) is 9.25. The molecule has 5 heteroatoms. The lowest BCUT2D eigenvalue weighted by Crippen LogP contribution is -2.22. The number of amides is 1. The molecule has 2 N–H and O–H groups in total. The minimum atomic E-state index is -0.357. The van der Waals surface area contributed by atoms with Crippen LogP contribution >= 0.6 is 0 Å². The minimum Gasteiger partial charge on any atom is -0.348 e. The molecule has 3 rings (SSSR count). The maximum atomic E-state index is 12.8. The number of halogens is 1. The van der Waals surface area contributed by atoms with E-state index in [-0.39, 0.29) is 11.7 Å². The summed E-state index contributed by atoms with van der Waals surface area (Å²) in [6.07, 6.45) is 3.53. The zero-order valence-corrected chi connectivity index (χ0v) is 10.6. The molecular formula is C15H12FN3O.